The van der Waals surface area contributed by atoms with E-state index in [9.17, 15) is 9.59 Å². The van der Waals surface area contributed by atoms with Crippen LogP contribution in [0.1, 0.15) is 130 Å². The van der Waals surface area contributed by atoms with E-state index in [1.54, 1.807) is 0 Å². The van der Waals surface area contributed by atoms with Crippen LogP contribution in [0.5, 0.6) is 0 Å². The van der Waals surface area contributed by atoms with Crippen molar-refractivity contribution in [1.82, 2.24) is 0 Å². The van der Waals surface area contributed by atoms with Gasteiger partial charge in [-0.2, -0.15) is 0 Å². The highest BCUT2D eigenvalue weighted by molar-refractivity contribution is 5.70. The minimum atomic E-state index is -0.352. The van der Waals surface area contributed by atoms with Crippen LogP contribution in [-0.4, -0.2) is 90.6 Å². The van der Waals surface area contributed by atoms with Crippen molar-refractivity contribution in [3.63, 3.8) is 0 Å². The Morgan fingerprint density at radius 3 is 1.09 bits per heavy atom. The van der Waals surface area contributed by atoms with Gasteiger partial charge in [-0.25, -0.2) is 0 Å². The van der Waals surface area contributed by atoms with E-state index >= 15 is 0 Å². The normalized spacial score (nSPS) is 12.7. The number of ether oxygens (including phenoxy) is 8. The second-order valence-electron chi connectivity index (χ2n) is 11.0. The Balaban J connectivity index is 3.78. The molecular formula is C34H66O10. The summed E-state index contributed by atoms with van der Waals surface area (Å²) in [5.74, 6) is -0.478. The van der Waals surface area contributed by atoms with Crippen LogP contribution in [0, 0.1) is 0 Å². The van der Waals surface area contributed by atoms with Crippen molar-refractivity contribution >= 4 is 11.9 Å². The third kappa shape index (κ3) is 30.7. The molecule has 0 aliphatic rings. The van der Waals surface area contributed by atoms with Crippen LogP contribution < -0.4 is 0 Å². The Bertz CT molecular complexity index is 567. The number of esters is 2. The number of unbranched alkanes of at least 4 members (excludes halogenated alkanes) is 7. The minimum absolute atomic E-state index is 0.239. The Kier molecular flexibility index (Phi) is 33.5. The summed E-state index contributed by atoms with van der Waals surface area (Å²) in [7, 11) is 0. The molecule has 0 N–H and O–H groups in total. The molecule has 0 aromatic heterocycles. The van der Waals surface area contributed by atoms with Crippen LogP contribution in [0.15, 0.2) is 0 Å². The molecule has 0 amide bonds. The summed E-state index contributed by atoms with van der Waals surface area (Å²) in [6, 6.07) is 0. The van der Waals surface area contributed by atoms with E-state index in [4.69, 9.17) is 37.9 Å². The molecule has 10 heteroatoms. The van der Waals surface area contributed by atoms with Crippen molar-refractivity contribution < 1.29 is 47.5 Å². The van der Waals surface area contributed by atoms with Crippen molar-refractivity contribution in [3.05, 3.63) is 0 Å². The zero-order chi connectivity index (χ0) is 32.4. The Morgan fingerprint density at radius 1 is 0.409 bits per heavy atom. The molecular weight excluding hydrogens is 568 g/mol. The van der Waals surface area contributed by atoms with E-state index in [1.165, 1.54) is 0 Å². The van der Waals surface area contributed by atoms with Gasteiger partial charge in [0.2, 0.25) is 0 Å². The van der Waals surface area contributed by atoms with Crippen LogP contribution in [0.2, 0.25) is 0 Å². The SMILES string of the molecule is CCCCOCC(OCCCC)OCCCCOC(=O)CCCCC(=O)OCCCCOC(COCCCC)OCCCC. The van der Waals surface area contributed by atoms with Crippen LogP contribution in [0.4, 0.5) is 0 Å². The molecule has 0 rings (SSSR count). The molecule has 0 saturated heterocycles. The van der Waals surface area contributed by atoms with Gasteiger partial charge in [-0.15, -0.1) is 0 Å². The first-order valence-corrected chi connectivity index (χ1v) is 17.5. The lowest BCUT2D eigenvalue weighted by molar-refractivity contribution is -0.174. The summed E-state index contributed by atoms with van der Waals surface area (Å²) in [6.07, 6.45) is 12.5. The lowest BCUT2D eigenvalue weighted by atomic mass is 10.2. The number of carbonyl (C=O) groups is 2. The largest absolute Gasteiger partial charge is 0.466 e. The Labute approximate surface area is 268 Å². The summed E-state index contributed by atoms with van der Waals surface area (Å²) in [4.78, 5) is 24.0. The van der Waals surface area contributed by atoms with Gasteiger partial charge < -0.3 is 37.9 Å². The molecule has 0 aliphatic carbocycles. The maximum atomic E-state index is 12.0. The molecule has 44 heavy (non-hydrogen) atoms. The van der Waals surface area contributed by atoms with Crippen LogP contribution in [0.25, 0.3) is 0 Å². The van der Waals surface area contributed by atoms with Crippen molar-refractivity contribution in [2.45, 2.75) is 143 Å². The fourth-order valence-electron chi connectivity index (χ4n) is 3.75. The lowest BCUT2D eigenvalue weighted by Crippen LogP contribution is -2.25. The van der Waals surface area contributed by atoms with Gasteiger partial charge in [0.05, 0.1) is 26.4 Å². The van der Waals surface area contributed by atoms with E-state index in [2.05, 4.69) is 27.7 Å². The van der Waals surface area contributed by atoms with E-state index in [1.807, 2.05) is 0 Å². The van der Waals surface area contributed by atoms with Crippen LogP contribution in [-0.2, 0) is 47.5 Å². The first-order valence-electron chi connectivity index (χ1n) is 17.5. The molecule has 262 valence electrons. The fourth-order valence-corrected chi connectivity index (χ4v) is 3.75. The third-order valence-corrected chi connectivity index (χ3v) is 6.62. The molecule has 0 aromatic rings. The predicted molar refractivity (Wildman–Crippen MR) is 172 cm³/mol. The first kappa shape index (κ1) is 42.7. The fraction of sp³-hybridized carbons (Fsp3) is 0.941. The molecule has 0 radical (unpaired) electrons. The molecule has 0 spiro atoms. The second kappa shape index (κ2) is 34.6. The monoisotopic (exact) mass is 634 g/mol. The number of hydrogen-bond acceptors (Lipinski definition) is 10. The smallest absolute Gasteiger partial charge is 0.305 e. The van der Waals surface area contributed by atoms with E-state index in [0.29, 0.717) is 91.8 Å². The Hall–Kier alpha value is -1.30. The van der Waals surface area contributed by atoms with Gasteiger partial charge in [-0.05, 0) is 64.2 Å². The summed E-state index contributed by atoms with van der Waals surface area (Å²) in [5, 5.41) is 0. The second-order valence-corrected chi connectivity index (χ2v) is 11.0. The van der Waals surface area contributed by atoms with Gasteiger partial charge in [0.15, 0.2) is 12.6 Å². The van der Waals surface area contributed by atoms with Crippen molar-refractivity contribution in [2.75, 3.05) is 66.1 Å². The molecule has 2 atom stereocenters. The van der Waals surface area contributed by atoms with Gasteiger partial charge in [0, 0.05) is 52.5 Å². The maximum Gasteiger partial charge on any atom is 0.305 e. The van der Waals surface area contributed by atoms with Crippen molar-refractivity contribution in [3.8, 4) is 0 Å². The summed E-state index contributed by atoms with van der Waals surface area (Å²) < 4.78 is 45.1. The topological polar surface area (TPSA) is 108 Å². The van der Waals surface area contributed by atoms with Gasteiger partial charge in [-0.3, -0.25) is 9.59 Å². The van der Waals surface area contributed by atoms with E-state index in [-0.39, 0.29) is 24.5 Å². The number of rotatable bonds is 35. The first-order chi connectivity index (χ1) is 21.6. The lowest BCUT2D eigenvalue weighted by Gasteiger charge is -2.18. The molecule has 0 fully saturated rings. The highest BCUT2D eigenvalue weighted by Gasteiger charge is 2.12. The Morgan fingerprint density at radius 2 is 0.727 bits per heavy atom. The quantitative estimate of drug-likeness (QED) is 0.0405. The highest BCUT2D eigenvalue weighted by atomic mass is 16.7. The minimum Gasteiger partial charge on any atom is -0.466 e. The van der Waals surface area contributed by atoms with Crippen LogP contribution in [0.3, 0.4) is 0 Å². The van der Waals surface area contributed by atoms with Crippen molar-refractivity contribution in [2.24, 2.45) is 0 Å². The molecule has 10 nitrogen and oxygen atoms in total. The summed E-state index contributed by atoms with van der Waals surface area (Å²) >= 11 is 0. The average Bonchev–Trinajstić information content (AvgIpc) is 3.02. The molecule has 2 unspecified atom stereocenters. The number of carbonyl (C=O) groups excluding carboxylic acids is 2. The molecule has 0 heterocycles. The zero-order valence-electron chi connectivity index (χ0n) is 28.6. The third-order valence-electron chi connectivity index (χ3n) is 6.62. The number of hydrogen-bond donors (Lipinski definition) is 0. The highest BCUT2D eigenvalue weighted by Crippen LogP contribution is 2.07. The average molecular weight is 635 g/mol. The molecule has 0 bridgehead atoms. The molecule has 0 aromatic carbocycles. The van der Waals surface area contributed by atoms with Gasteiger partial charge in [0.25, 0.3) is 0 Å². The van der Waals surface area contributed by atoms with Crippen molar-refractivity contribution in [1.29, 1.82) is 0 Å². The van der Waals surface area contributed by atoms with Gasteiger partial charge in [-0.1, -0.05) is 53.4 Å². The molecule has 0 aliphatic heterocycles. The van der Waals surface area contributed by atoms with Gasteiger partial charge in [0.1, 0.15) is 0 Å². The predicted octanol–water partition coefficient (Wildman–Crippen LogP) is 7.15. The summed E-state index contributed by atoms with van der Waals surface area (Å²) in [5.41, 5.74) is 0. The molecule has 0 saturated carbocycles. The van der Waals surface area contributed by atoms with Crippen LogP contribution >= 0.6 is 0 Å². The van der Waals surface area contributed by atoms with E-state index < -0.39 is 0 Å². The zero-order valence-corrected chi connectivity index (χ0v) is 28.6. The summed E-state index contributed by atoms with van der Waals surface area (Å²) in [6.45, 7) is 13.9. The standard InChI is InChI=1S/C34H66O10/c1-5-9-21-37-29-33(41-23-11-7-3)43-27-17-15-25-39-31(35)19-13-14-20-32(36)40-26-16-18-28-44-34(42-24-12-8-4)30-38-22-10-6-2/h33-34H,5-30H2,1-4H3. The van der Waals surface area contributed by atoms with E-state index in [0.717, 1.165) is 77.0 Å². The maximum absolute atomic E-state index is 12.0. The van der Waals surface area contributed by atoms with Gasteiger partial charge >= 0.3 is 11.9 Å².